The van der Waals surface area contributed by atoms with E-state index in [9.17, 15) is 8.42 Å². The van der Waals surface area contributed by atoms with E-state index in [1.807, 2.05) is 24.3 Å². The molecule has 0 saturated carbocycles. The van der Waals surface area contributed by atoms with E-state index in [0.717, 1.165) is 30.6 Å². The molecule has 6 heteroatoms. The second-order valence-electron chi connectivity index (χ2n) is 7.31. The maximum atomic E-state index is 13.2. The van der Waals surface area contributed by atoms with E-state index in [2.05, 4.69) is 13.8 Å². The molecular formula is C18H28N2O3S. The van der Waals surface area contributed by atoms with Crippen LogP contribution in [0.2, 0.25) is 0 Å². The Morgan fingerprint density at radius 2 is 1.71 bits per heavy atom. The van der Waals surface area contributed by atoms with Crippen LogP contribution in [-0.2, 0) is 10.2 Å². The summed E-state index contributed by atoms with van der Waals surface area (Å²) in [6.45, 7) is 6.17. The Kier molecular flexibility index (Phi) is 5.18. The quantitative estimate of drug-likeness (QED) is 0.837. The van der Waals surface area contributed by atoms with Crippen molar-refractivity contribution in [1.82, 2.24) is 8.61 Å². The molecule has 2 saturated heterocycles. The third-order valence-corrected chi connectivity index (χ3v) is 7.14. The summed E-state index contributed by atoms with van der Waals surface area (Å²) in [4.78, 5) is 0. The molecule has 0 amide bonds. The lowest BCUT2D eigenvalue weighted by atomic mass is 9.94. The molecule has 0 bridgehead atoms. The normalized spacial score (nSPS) is 29.7. The lowest BCUT2D eigenvalue weighted by Crippen LogP contribution is -2.49. The van der Waals surface area contributed by atoms with Gasteiger partial charge in [0, 0.05) is 19.6 Å². The first-order valence-corrected chi connectivity index (χ1v) is 10.2. The SMILES string of the molecule is COc1ccc([C@@H]2CCCN2S(=O)(=O)N2C[C@@H](C)C[C@H](C)C2)cc1. The highest BCUT2D eigenvalue weighted by Gasteiger charge is 2.40. The molecule has 2 heterocycles. The van der Waals surface area contributed by atoms with Gasteiger partial charge in [0.05, 0.1) is 13.2 Å². The second kappa shape index (κ2) is 7.02. The average Bonchev–Trinajstić information content (AvgIpc) is 3.04. The molecule has 5 nitrogen and oxygen atoms in total. The van der Waals surface area contributed by atoms with E-state index in [0.29, 0.717) is 31.5 Å². The van der Waals surface area contributed by atoms with E-state index in [4.69, 9.17) is 4.74 Å². The van der Waals surface area contributed by atoms with Gasteiger partial charge in [-0.25, -0.2) is 0 Å². The highest BCUT2D eigenvalue weighted by molar-refractivity contribution is 7.86. The molecule has 0 spiro atoms. The zero-order chi connectivity index (χ0) is 17.3. The molecule has 2 aliphatic heterocycles. The summed E-state index contributed by atoms with van der Waals surface area (Å²) in [5.74, 6) is 1.64. The van der Waals surface area contributed by atoms with Crippen molar-refractivity contribution in [2.24, 2.45) is 11.8 Å². The van der Waals surface area contributed by atoms with Crippen LogP contribution in [0.15, 0.2) is 24.3 Å². The van der Waals surface area contributed by atoms with Crippen molar-refractivity contribution in [3.05, 3.63) is 29.8 Å². The maximum Gasteiger partial charge on any atom is 0.282 e. The monoisotopic (exact) mass is 352 g/mol. The van der Waals surface area contributed by atoms with E-state index in [1.165, 1.54) is 0 Å². The minimum atomic E-state index is -3.41. The van der Waals surface area contributed by atoms with E-state index < -0.39 is 10.2 Å². The molecule has 0 aliphatic carbocycles. The van der Waals surface area contributed by atoms with Crippen molar-refractivity contribution in [1.29, 1.82) is 0 Å². The van der Waals surface area contributed by atoms with Gasteiger partial charge < -0.3 is 4.74 Å². The molecule has 134 valence electrons. The van der Waals surface area contributed by atoms with E-state index in [-0.39, 0.29) is 6.04 Å². The zero-order valence-corrected chi connectivity index (χ0v) is 15.6. The summed E-state index contributed by atoms with van der Waals surface area (Å²) < 4.78 is 35.0. The van der Waals surface area contributed by atoms with Gasteiger partial charge in [0.1, 0.15) is 5.75 Å². The molecule has 0 aromatic heterocycles. The number of hydrogen-bond donors (Lipinski definition) is 0. The van der Waals surface area contributed by atoms with Crippen molar-refractivity contribution in [2.75, 3.05) is 26.7 Å². The standard InChI is InChI=1S/C18H28N2O3S/c1-14-11-15(2)13-19(12-14)24(21,22)20-10-4-5-18(20)16-6-8-17(23-3)9-7-16/h6-9,14-15,18H,4-5,10-13H2,1-3H3/t14-,15-,18-/m0/s1. The number of nitrogens with zero attached hydrogens (tertiary/aromatic N) is 2. The van der Waals surface area contributed by atoms with E-state index in [1.54, 1.807) is 15.7 Å². The second-order valence-corrected chi connectivity index (χ2v) is 9.19. The highest BCUT2D eigenvalue weighted by atomic mass is 32.2. The van der Waals surface area contributed by atoms with Crippen LogP contribution in [0.25, 0.3) is 0 Å². The summed E-state index contributed by atoms with van der Waals surface area (Å²) in [5, 5.41) is 0. The molecular weight excluding hydrogens is 324 g/mol. The van der Waals surface area contributed by atoms with Crippen LogP contribution in [0.3, 0.4) is 0 Å². The predicted octanol–water partition coefficient (Wildman–Crippen LogP) is 3.05. The molecule has 2 fully saturated rings. The number of piperidine rings is 1. The van der Waals surface area contributed by atoms with Gasteiger partial charge in [-0.2, -0.15) is 17.0 Å². The molecule has 24 heavy (non-hydrogen) atoms. The Hall–Kier alpha value is -1.11. The number of benzene rings is 1. The molecule has 0 radical (unpaired) electrons. The molecule has 3 atom stereocenters. The molecule has 1 aromatic carbocycles. The average molecular weight is 353 g/mol. The number of rotatable bonds is 4. The van der Waals surface area contributed by atoms with Crippen LogP contribution >= 0.6 is 0 Å². The third-order valence-electron chi connectivity index (χ3n) is 5.16. The van der Waals surface area contributed by atoms with Gasteiger partial charge in [0.25, 0.3) is 10.2 Å². The Balaban J connectivity index is 1.83. The van der Waals surface area contributed by atoms with Gasteiger partial charge in [-0.05, 0) is 48.8 Å². The molecule has 2 aliphatic rings. The van der Waals surface area contributed by atoms with Crippen LogP contribution < -0.4 is 4.74 Å². The third kappa shape index (κ3) is 3.46. The molecule has 1 aromatic rings. The highest BCUT2D eigenvalue weighted by Crippen LogP contribution is 2.37. The summed E-state index contributed by atoms with van der Waals surface area (Å²) in [7, 11) is -1.77. The zero-order valence-electron chi connectivity index (χ0n) is 14.8. The fraction of sp³-hybridized carbons (Fsp3) is 0.667. The fourth-order valence-corrected chi connectivity index (χ4v) is 6.21. The predicted molar refractivity (Wildman–Crippen MR) is 95.1 cm³/mol. The van der Waals surface area contributed by atoms with Crippen molar-refractivity contribution in [3.8, 4) is 5.75 Å². The summed E-state index contributed by atoms with van der Waals surface area (Å²) in [6.07, 6.45) is 2.90. The smallest absolute Gasteiger partial charge is 0.282 e. The van der Waals surface area contributed by atoms with Crippen molar-refractivity contribution >= 4 is 10.2 Å². The molecule has 0 unspecified atom stereocenters. The number of methoxy groups -OCH3 is 1. The topological polar surface area (TPSA) is 49.9 Å². The van der Waals surface area contributed by atoms with Crippen LogP contribution in [0, 0.1) is 11.8 Å². The van der Waals surface area contributed by atoms with Gasteiger partial charge in [0.15, 0.2) is 0 Å². The lowest BCUT2D eigenvalue weighted by molar-refractivity contribution is 0.207. The van der Waals surface area contributed by atoms with Crippen molar-refractivity contribution in [3.63, 3.8) is 0 Å². The van der Waals surface area contributed by atoms with Gasteiger partial charge in [0.2, 0.25) is 0 Å². The molecule has 0 N–H and O–H groups in total. The minimum Gasteiger partial charge on any atom is -0.497 e. The van der Waals surface area contributed by atoms with Crippen LogP contribution in [-0.4, -0.2) is 43.8 Å². The Morgan fingerprint density at radius 1 is 1.08 bits per heavy atom. The van der Waals surface area contributed by atoms with E-state index >= 15 is 0 Å². The number of ether oxygens (including phenoxy) is 1. The van der Waals surface area contributed by atoms with Crippen LogP contribution in [0.1, 0.15) is 44.7 Å². The fourth-order valence-electron chi connectivity index (χ4n) is 4.12. The largest absolute Gasteiger partial charge is 0.497 e. The summed E-state index contributed by atoms with van der Waals surface area (Å²) in [5.41, 5.74) is 1.05. The summed E-state index contributed by atoms with van der Waals surface area (Å²) in [6, 6.07) is 7.72. The lowest BCUT2D eigenvalue weighted by Gasteiger charge is -2.37. The maximum absolute atomic E-state index is 13.2. The Morgan fingerprint density at radius 3 is 2.29 bits per heavy atom. The Bertz CT molecular complexity index is 649. The van der Waals surface area contributed by atoms with Gasteiger partial charge in [-0.3, -0.25) is 0 Å². The first-order chi connectivity index (χ1) is 11.4. The van der Waals surface area contributed by atoms with Gasteiger partial charge in [-0.1, -0.05) is 26.0 Å². The minimum absolute atomic E-state index is 0.0616. The van der Waals surface area contributed by atoms with Crippen LogP contribution in [0.4, 0.5) is 0 Å². The molecule has 3 rings (SSSR count). The number of hydrogen-bond acceptors (Lipinski definition) is 3. The Labute approximate surface area is 145 Å². The first kappa shape index (κ1) is 17.7. The first-order valence-electron chi connectivity index (χ1n) is 8.82. The van der Waals surface area contributed by atoms with Crippen LogP contribution in [0.5, 0.6) is 5.75 Å². The van der Waals surface area contributed by atoms with Crippen molar-refractivity contribution in [2.45, 2.75) is 39.2 Å². The van der Waals surface area contributed by atoms with Gasteiger partial charge >= 0.3 is 0 Å². The van der Waals surface area contributed by atoms with Crippen molar-refractivity contribution < 1.29 is 13.2 Å². The summed E-state index contributed by atoms with van der Waals surface area (Å²) >= 11 is 0. The van der Waals surface area contributed by atoms with Gasteiger partial charge in [-0.15, -0.1) is 0 Å².